The Balaban J connectivity index is 0. The summed E-state index contributed by atoms with van der Waals surface area (Å²) in [6, 6.07) is 4.20. The van der Waals surface area contributed by atoms with Gasteiger partial charge >= 0.3 is 11.9 Å². The molecular weight excluding hydrogens is 388 g/mol. The predicted octanol–water partition coefficient (Wildman–Crippen LogP) is 1.39. The largest absolute Gasteiger partial charge is 0.478 e. The standard InChI is InChI=1S/C9H8O4.2Ag/c1-5-2-3-6(8(10)11)7(4-5)9(12)13;;/h2-4H,1H3,(H,10,11)(H,12,13);;. The maximum Gasteiger partial charge on any atom is 0.336 e. The first-order chi connectivity index (χ1) is 6.02. The van der Waals surface area contributed by atoms with Crippen LogP contribution in [-0.4, -0.2) is 22.2 Å². The smallest absolute Gasteiger partial charge is 0.336 e. The van der Waals surface area contributed by atoms with Gasteiger partial charge in [-0.3, -0.25) is 0 Å². The number of hydrogen-bond acceptors (Lipinski definition) is 2. The number of rotatable bonds is 2. The zero-order valence-electron chi connectivity index (χ0n) is 7.55. The molecule has 0 unspecified atom stereocenters. The van der Waals surface area contributed by atoms with Gasteiger partial charge in [0.15, 0.2) is 0 Å². The van der Waals surface area contributed by atoms with E-state index in [2.05, 4.69) is 0 Å². The third-order valence-electron chi connectivity index (χ3n) is 1.64. The molecule has 0 aliphatic carbocycles. The van der Waals surface area contributed by atoms with Crippen LogP contribution in [0.5, 0.6) is 0 Å². The average molecular weight is 396 g/mol. The van der Waals surface area contributed by atoms with Gasteiger partial charge in [0.1, 0.15) is 0 Å². The molecule has 90 valence electrons. The van der Waals surface area contributed by atoms with Gasteiger partial charge in [-0.05, 0) is 19.1 Å². The van der Waals surface area contributed by atoms with E-state index < -0.39 is 11.9 Å². The molecule has 2 radical (unpaired) electrons. The summed E-state index contributed by atoms with van der Waals surface area (Å²) >= 11 is 0. The van der Waals surface area contributed by atoms with Crippen LogP contribution < -0.4 is 0 Å². The normalized spacial score (nSPS) is 8.33. The third-order valence-corrected chi connectivity index (χ3v) is 1.64. The molecule has 0 atom stereocenters. The molecule has 0 bridgehead atoms. The SMILES string of the molecule is Cc1ccc(C(=O)O)c(C(=O)O)c1.[Ag].[Ag]. The van der Waals surface area contributed by atoms with Crippen molar-refractivity contribution in [2.24, 2.45) is 0 Å². The second-order valence-corrected chi connectivity index (χ2v) is 2.66. The van der Waals surface area contributed by atoms with Crippen LogP contribution in [0.25, 0.3) is 0 Å². The van der Waals surface area contributed by atoms with E-state index in [1.165, 1.54) is 12.1 Å². The van der Waals surface area contributed by atoms with Crippen LogP contribution in [0.2, 0.25) is 0 Å². The molecule has 0 amide bonds. The molecule has 0 spiro atoms. The fraction of sp³-hybridized carbons (Fsp3) is 0.111. The Hall–Kier alpha value is -0.359. The Labute approximate surface area is 118 Å². The summed E-state index contributed by atoms with van der Waals surface area (Å²) in [6.45, 7) is 1.71. The number of carbonyl (C=O) groups is 2. The van der Waals surface area contributed by atoms with E-state index in [0.717, 1.165) is 5.56 Å². The summed E-state index contributed by atoms with van der Waals surface area (Å²) in [4.78, 5) is 21.2. The molecule has 1 rings (SSSR count). The zero-order valence-corrected chi connectivity index (χ0v) is 10.5. The van der Waals surface area contributed by atoms with Gasteiger partial charge in [-0.25, -0.2) is 9.59 Å². The topological polar surface area (TPSA) is 74.6 Å². The van der Waals surface area contributed by atoms with E-state index in [1.807, 2.05) is 0 Å². The summed E-state index contributed by atoms with van der Waals surface area (Å²) in [6.07, 6.45) is 0. The minimum atomic E-state index is -1.22. The van der Waals surface area contributed by atoms with E-state index in [0.29, 0.717) is 0 Å². The van der Waals surface area contributed by atoms with Crippen molar-refractivity contribution in [1.29, 1.82) is 0 Å². The summed E-state index contributed by atoms with van der Waals surface area (Å²) in [5, 5.41) is 17.3. The maximum absolute atomic E-state index is 10.6. The molecule has 4 nitrogen and oxygen atoms in total. The Morgan fingerprint density at radius 3 is 1.87 bits per heavy atom. The number of aryl methyl sites for hydroxylation is 1. The molecule has 15 heavy (non-hydrogen) atoms. The van der Waals surface area contributed by atoms with Gasteiger partial charge in [-0.2, -0.15) is 0 Å². The second kappa shape index (κ2) is 7.00. The van der Waals surface area contributed by atoms with Crippen LogP contribution >= 0.6 is 0 Å². The molecular formula is C9H8Ag2O4. The molecule has 6 heteroatoms. The summed E-state index contributed by atoms with van der Waals surface area (Å²) < 4.78 is 0. The van der Waals surface area contributed by atoms with Crippen LogP contribution in [0, 0.1) is 6.92 Å². The first-order valence-electron chi connectivity index (χ1n) is 3.59. The second-order valence-electron chi connectivity index (χ2n) is 2.66. The van der Waals surface area contributed by atoms with Crippen molar-refractivity contribution in [2.75, 3.05) is 0 Å². The van der Waals surface area contributed by atoms with Crippen LogP contribution in [0.3, 0.4) is 0 Å². The molecule has 0 aromatic heterocycles. The molecule has 0 aliphatic heterocycles. The predicted molar refractivity (Wildman–Crippen MR) is 45.1 cm³/mol. The molecule has 1 aromatic carbocycles. The van der Waals surface area contributed by atoms with E-state index in [9.17, 15) is 9.59 Å². The number of carboxylic acids is 2. The van der Waals surface area contributed by atoms with Gasteiger partial charge in [0.2, 0.25) is 0 Å². The molecule has 0 saturated carbocycles. The van der Waals surface area contributed by atoms with Crippen LogP contribution in [0.15, 0.2) is 18.2 Å². The summed E-state index contributed by atoms with van der Waals surface area (Å²) in [7, 11) is 0. The molecule has 0 heterocycles. The summed E-state index contributed by atoms with van der Waals surface area (Å²) in [5.74, 6) is -2.45. The van der Waals surface area contributed by atoms with Gasteiger partial charge in [-0.15, -0.1) is 0 Å². The Morgan fingerprint density at radius 2 is 1.47 bits per heavy atom. The third kappa shape index (κ3) is 4.34. The number of carboxylic acid groups (broad SMARTS) is 2. The Kier molecular flexibility index (Phi) is 7.96. The van der Waals surface area contributed by atoms with Gasteiger partial charge < -0.3 is 10.2 Å². The van der Waals surface area contributed by atoms with E-state index >= 15 is 0 Å². The monoisotopic (exact) mass is 394 g/mol. The fourth-order valence-electron chi connectivity index (χ4n) is 1.02. The quantitative estimate of drug-likeness (QED) is 0.742. The van der Waals surface area contributed by atoms with Gasteiger partial charge in [0.05, 0.1) is 11.1 Å². The minimum absolute atomic E-state index is 0. The van der Waals surface area contributed by atoms with Gasteiger partial charge in [0, 0.05) is 44.8 Å². The number of hydrogen-bond donors (Lipinski definition) is 2. The number of aromatic carboxylic acids is 2. The Bertz CT molecular complexity index is 376. The molecule has 0 saturated heterocycles. The van der Waals surface area contributed by atoms with Crippen molar-refractivity contribution >= 4 is 11.9 Å². The molecule has 0 aliphatic rings. The minimum Gasteiger partial charge on any atom is -0.478 e. The molecule has 1 aromatic rings. The first kappa shape index (κ1) is 17.0. The van der Waals surface area contributed by atoms with Crippen molar-refractivity contribution in [1.82, 2.24) is 0 Å². The van der Waals surface area contributed by atoms with E-state index in [-0.39, 0.29) is 55.9 Å². The first-order valence-corrected chi connectivity index (χ1v) is 3.59. The van der Waals surface area contributed by atoms with Crippen molar-refractivity contribution in [3.63, 3.8) is 0 Å². The van der Waals surface area contributed by atoms with Gasteiger partial charge in [-0.1, -0.05) is 11.6 Å². The Morgan fingerprint density at radius 1 is 1.00 bits per heavy atom. The van der Waals surface area contributed by atoms with E-state index in [4.69, 9.17) is 10.2 Å². The summed E-state index contributed by atoms with van der Waals surface area (Å²) in [5.41, 5.74) is 0.369. The molecule has 0 fully saturated rings. The fourth-order valence-corrected chi connectivity index (χ4v) is 1.02. The zero-order chi connectivity index (χ0) is 10.0. The average Bonchev–Trinajstić information content (AvgIpc) is 2.03. The van der Waals surface area contributed by atoms with Crippen molar-refractivity contribution in [3.05, 3.63) is 34.9 Å². The van der Waals surface area contributed by atoms with Crippen molar-refractivity contribution in [3.8, 4) is 0 Å². The van der Waals surface area contributed by atoms with E-state index in [1.54, 1.807) is 13.0 Å². The van der Waals surface area contributed by atoms with Gasteiger partial charge in [0.25, 0.3) is 0 Å². The maximum atomic E-state index is 10.6. The number of benzene rings is 1. The van der Waals surface area contributed by atoms with Crippen LogP contribution in [0.4, 0.5) is 0 Å². The van der Waals surface area contributed by atoms with Crippen molar-refractivity contribution < 1.29 is 64.6 Å². The van der Waals surface area contributed by atoms with Crippen molar-refractivity contribution in [2.45, 2.75) is 6.92 Å². The van der Waals surface area contributed by atoms with Crippen LogP contribution in [-0.2, 0) is 44.8 Å². The van der Waals surface area contributed by atoms with Crippen LogP contribution in [0.1, 0.15) is 26.3 Å². The molecule has 2 N–H and O–H groups in total.